The second-order valence-corrected chi connectivity index (χ2v) is 8.80. The minimum atomic E-state index is -0.179. The molecule has 4 aromatic rings. The maximum absolute atomic E-state index is 13.6. The zero-order chi connectivity index (χ0) is 23.9. The molecule has 3 heterocycles. The highest BCUT2D eigenvalue weighted by Gasteiger charge is 2.17. The van der Waals surface area contributed by atoms with Crippen LogP contribution < -0.4 is 10.7 Å². The average molecular weight is 445 g/mol. The molecule has 0 saturated heterocycles. The van der Waals surface area contributed by atoms with Gasteiger partial charge in [0.25, 0.3) is 0 Å². The lowest BCUT2D eigenvalue weighted by molar-refractivity contribution is -0.114. The normalized spacial score (nSPS) is 11.5. The molecule has 0 aliphatic heterocycles. The molecule has 0 spiro atoms. The Morgan fingerprint density at radius 2 is 1.73 bits per heavy atom. The fraction of sp³-hybridized carbons (Fsp3) is 0.320. The van der Waals surface area contributed by atoms with Crippen LogP contribution in [0.2, 0.25) is 0 Å². The van der Waals surface area contributed by atoms with Crippen LogP contribution in [0.15, 0.2) is 47.7 Å². The van der Waals surface area contributed by atoms with Gasteiger partial charge in [-0.25, -0.2) is 4.98 Å². The lowest BCUT2D eigenvalue weighted by Gasteiger charge is -2.19. The van der Waals surface area contributed by atoms with Crippen molar-refractivity contribution < 1.29 is 4.79 Å². The van der Waals surface area contributed by atoms with Gasteiger partial charge in [-0.3, -0.25) is 9.59 Å². The lowest BCUT2D eigenvalue weighted by Crippen LogP contribution is -2.16. The number of amides is 1. The molecule has 8 nitrogen and oxygen atoms in total. The highest BCUT2D eigenvalue weighted by atomic mass is 16.1. The summed E-state index contributed by atoms with van der Waals surface area (Å²) in [4.78, 5) is 30.1. The molecule has 3 aromatic heterocycles. The van der Waals surface area contributed by atoms with E-state index in [2.05, 4.69) is 47.8 Å². The van der Waals surface area contributed by atoms with E-state index in [-0.39, 0.29) is 23.4 Å². The van der Waals surface area contributed by atoms with Gasteiger partial charge in [-0.2, -0.15) is 0 Å². The van der Waals surface area contributed by atoms with E-state index in [1.165, 1.54) is 6.92 Å². The minimum Gasteiger partial charge on any atom is -0.344 e. The Bertz CT molecular complexity index is 1410. The average Bonchev–Trinajstić information content (AvgIpc) is 3.25. The Kier molecular flexibility index (Phi) is 5.84. The third-order valence-corrected chi connectivity index (χ3v) is 5.63. The number of hydrogen-bond acceptors (Lipinski definition) is 5. The first-order chi connectivity index (χ1) is 15.7. The Labute approximate surface area is 192 Å². The summed E-state index contributed by atoms with van der Waals surface area (Å²) in [5.41, 5.74) is 3.92. The van der Waals surface area contributed by atoms with Gasteiger partial charge in [0, 0.05) is 36.3 Å². The first-order valence-electron chi connectivity index (χ1n) is 11.0. The van der Waals surface area contributed by atoms with E-state index in [9.17, 15) is 9.59 Å². The maximum Gasteiger partial charge on any atom is 0.221 e. The first-order valence-corrected chi connectivity index (χ1v) is 11.0. The Balaban J connectivity index is 1.95. The number of hydrogen-bond donors (Lipinski definition) is 1. The fourth-order valence-electron chi connectivity index (χ4n) is 3.95. The summed E-state index contributed by atoms with van der Waals surface area (Å²) in [5, 5.41) is 11.6. The summed E-state index contributed by atoms with van der Waals surface area (Å²) in [6.45, 7) is 11.6. The molecule has 8 heteroatoms. The molecule has 0 unspecified atom stereocenters. The van der Waals surface area contributed by atoms with Gasteiger partial charge in [-0.1, -0.05) is 6.07 Å². The van der Waals surface area contributed by atoms with E-state index in [0.717, 1.165) is 11.1 Å². The quantitative estimate of drug-likeness (QED) is 0.479. The second-order valence-electron chi connectivity index (χ2n) is 8.80. The number of benzene rings is 1. The zero-order valence-electron chi connectivity index (χ0n) is 19.7. The molecular weight excluding hydrogens is 416 g/mol. The molecule has 1 aromatic carbocycles. The lowest BCUT2D eigenvalue weighted by atomic mass is 10.0. The van der Waals surface area contributed by atoms with Crippen LogP contribution >= 0.6 is 0 Å². The molecule has 0 atom stereocenters. The van der Waals surface area contributed by atoms with Crippen LogP contribution in [0.3, 0.4) is 0 Å². The van der Waals surface area contributed by atoms with Crippen molar-refractivity contribution in [3.05, 3.63) is 58.6 Å². The van der Waals surface area contributed by atoms with Crippen molar-refractivity contribution in [1.82, 2.24) is 24.3 Å². The third kappa shape index (κ3) is 4.16. The van der Waals surface area contributed by atoms with Crippen LogP contribution in [-0.4, -0.2) is 30.2 Å². The predicted octanol–water partition coefficient (Wildman–Crippen LogP) is 4.75. The van der Waals surface area contributed by atoms with Gasteiger partial charge in [-0.15, -0.1) is 10.2 Å². The van der Waals surface area contributed by atoms with Crippen molar-refractivity contribution in [2.24, 2.45) is 0 Å². The van der Waals surface area contributed by atoms with Crippen LogP contribution in [0.5, 0.6) is 0 Å². The van der Waals surface area contributed by atoms with E-state index >= 15 is 0 Å². The van der Waals surface area contributed by atoms with Crippen molar-refractivity contribution in [3.8, 4) is 22.8 Å². The Morgan fingerprint density at radius 3 is 2.39 bits per heavy atom. The van der Waals surface area contributed by atoms with Gasteiger partial charge in [0.2, 0.25) is 5.91 Å². The molecule has 1 N–H and O–H groups in total. The summed E-state index contributed by atoms with van der Waals surface area (Å²) in [6, 6.07) is 9.57. The molecule has 0 fully saturated rings. The fourth-order valence-corrected chi connectivity index (χ4v) is 3.95. The number of fused-ring (bicyclic) bond motifs is 1. The summed E-state index contributed by atoms with van der Waals surface area (Å²) in [5.74, 6) is 0.474. The monoisotopic (exact) mass is 444 g/mol. The van der Waals surface area contributed by atoms with Gasteiger partial charge < -0.3 is 14.5 Å². The van der Waals surface area contributed by atoms with Crippen LogP contribution in [0, 0.1) is 6.92 Å². The van der Waals surface area contributed by atoms with Crippen molar-refractivity contribution in [3.63, 3.8) is 0 Å². The maximum atomic E-state index is 13.6. The topological polar surface area (TPSA) is 94.7 Å². The molecule has 170 valence electrons. The number of carbonyl (C=O) groups is 1. The first kappa shape index (κ1) is 22.4. The number of nitrogens with one attached hydrogen (secondary N) is 1. The van der Waals surface area contributed by atoms with Gasteiger partial charge in [0.1, 0.15) is 12.0 Å². The highest BCUT2D eigenvalue weighted by molar-refractivity contribution is 5.94. The van der Waals surface area contributed by atoms with E-state index in [1.54, 1.807) is 12.4 Å². The Morgan fingerprint density at radius 1 is 1.03 bits per heavy atom. The highest BCUT2D eigenvalue weighted by Crippen LogP contribution is 2.28. The smallest absolute Gasteiger partial charge is 0.221 e. The number of carbonyl (C=O) groups excluding carboxylic acids is 1. The standard InChI is InChI=1S/C25H28N6O2/c1-14(2)30-12-19(24(33)18-11-22(27-17(6)32)16(5)10-23(18)30)20-8-7-9-21(28-20)25-29-26-13-31(25)15(3)4/h7-15H,1-6H3,(H,27,32). The number of anilines is 1. The van der Waals surface area contributed by atoms with Crippen LogP contribution in [-0.2, 0) is 4.79 Å². The van der Waals surface area contributed by atoms with E-state index in [4.69, 9.17) is 4.98 Å². The second kappa shape index (κ2) is 8.61. The van der Waals surface area contributed by atoms with E-state index in [1.807, 2.05) is 42.0 Å². The van der Waals surface area contributed by atoms with Crippen LogP contribution in [0.1, 0.15) is 52.3 Å². The molecular formula is C25H28N6O2. The van der Waals surface area contributed by atoms with Crippen molar-refractivity contribution in [2.75, 3.05) is 5.32 Å². The molecule has 0 bridgehead atoms. The summed E-state index contributed by atoms with van der Waals surface area (Å²) < 4.78 is 4.02. The number of pyridine rings is 2. The largest absolute Gasteiger partial charge is 0.344 e. The van der Waals surface area contributed by atoms with Crippen LogP contribution in [0.4, 0.5) is 5.69 Å². The summed E-state index contributed by atoms with van der Waals surface area (Å²) >= 11 is 0. The summed E-state index contributed by atoms with van der Waals surface area (Å²) in [7, 11) is 0. The molecule has 0 aliphatic rings. The predicted molar refractivity (Wildman–Crippen MR) is 130 cm³/mol. The molecule has 0 radical (unpaired) electrons. The third-order valence-electron chi connectivity index (χ3n) is 5.63. The number of nitrogens with zero attached hydrogens (tertiary/aromatic N) is 5. The summed E-state index contributed by atoms with van der Waals surface area (Å²) in [6.07, 6.45) is 3.55. The molecule has 0 aliphatic carbocycles. The van der Waals surface area contributed by atoms with Crippen molar-refractivity contribution in [1.29, 1.82) is 0 Å². The number of aryl methyl sites for hydroxylation is 1. The molecule has 0 saturated carbocycles. The zero-order valence-corrected chi connectivity index (χ0v) is 19.7. The molecule has 1 amide bonds. The van der Waals surface area contributed by atoms with Gasteiger partial charge in [0.15, 0.2) is 11.3 Å². The van der Waals surface area contributed by atoms with Gasteiger partial charge in [-0.05, 0) is 64.4 Å². The SMILES string of the molecule is CC(=O)Nc1cc2c(=O)c(-c3cccc(-c4nncn4C(C)C)n3)cn(C(C)C)c2cc1C. The van der Waals surface area contributed by atoms with E-state index < -0.39 is 0 Å². The molecule has 4 rings (SSSR count). The Hall–Kier alpha value is -3.81. The number of rotatable bonds is 5. The number of aromatic nitrogens is 5. The molecule has 33 heavy (non-hydrogen) atoms. The van der Waals surface area contributed by atoms with E-state index in [0.29, 0.717) is 33.8 Å². The minimum absolute atomic E-state index is 0.116. The van der Waals surface area contributed by atoms with Crippen LogP contribution in [0.25, 0.3) is 33.7 Å². The van der Waals surface area contributed by atoms with Gasteiger partial charge in [0.05, 0.1) is 16.8 Å². The van der Waals surface area contributed by atoms with Crippen molar-refractivity contribution >= 4 is 22.5 Å². The van der Waals surface area contributed by atoms with Gasteiger partial charge >= 0.3 is 0 Å². The van der Waals surface area contributed by atoms with Crippen molar-refractivity contribution in [2.45, 2.75) is 53.6 Å².